The van der Waals surface area contributed by atoms with Gasteiger partial charge in [-0.15, -0.1) is 0 Å². The molecule has 0 bridgehead atoms. The van der Waals surface area contributed by atoms with Gasteiger partial charge in [-0.25, -0.2) is 4.39 Å². The van der Waals surface area contributed by atoms with E-state index in [0.29, 0.717) is 5.92 Å². The molecule has 0 aliphatic carbocycles. The lowest BCUT2D eigenvalue weighted by Gasteiger charge is -2.36. The molecule has 1 fully saturated rings. The third-order valence-corrected chi connectivity index (χ3v) is 4.43. The number of halogens is 1. The van der Waals surface area contributed by atoms with Gasteiger partial charge in [0.25, 0.3) is 0 Å². The Morgan fingerprint density at radius 2 is 1.73 bits per heavy atom. The molecule has 2 unspecified atom stereocenters. The Kier molecular flexibility index (Phi) is 4.55. The van der Waals surface area contributed by atoms with Crippen LogP contribution in [0, 0.1) is 12.7 Å². The van der Waals surface area contributed by atoms with Gasteiger partial charge in [0.2, 0.25) is 0 Å². The SMILES string of the molecule is Cc1ccc(C2CC(N)CN(Cc3ccc(F)cc3)C2)cc1. The summed E-state index contributed by atoms with van der Waals surface area (Å²) in [6, 6.07) is 15.7. The van der Waals surface area contributed by atoms with Crippen LogP contribution in [0.5, 0.6) is 0 Å². The van der Waals surface area contributed by atoms with E-state index in [9.17, 15) is 4.39 Å². The molecule has 3 heteroatoms. The average molecular weight is 298 g/mol. The second-order valence-electron chi connectivity index (χ2n) is 6.42. The van der Waals surface area contributed by atoms with Crippen molar-refractivity contribution in [2.45, 2.75) is 31.8 Å². The Morgan fingerprint density at radius 3 is 2.41 bits per heavy atom. The first-order chi connectivity index (χ1) is 10.6. The van der Waals surface area contributed by atoms with Crippen molar-refractivity contribution in [3.63, 3.8) is 0 Å². The van der Waals surface area contributed by atoms with Crippen LogP contribution in [-0.2, 0) is 6.54 Å². The lowest BCUT2D eigenvalue weighted by molar-refractivity contribution is 0.181. The number of rotatable bonds is 3. The maximum Gasteiger partial charge on any atom is 0.123 e. The second-order valence-corrected chi connectivity index (χ2v) is 6.42. The van der Waals surface area contributed by atoms with E-state index in [4.69, 9.17) is 5.73 Å². The van der Waals surface area contributed by atoms with Crippen molar-refractivity contribution >= 4 is 0 Å². The molecular formula is C19H23FN2. The van der Waals surface area contributed by atoms with Gasteiger partial charge >= 0.3 is 0 Å². The molecule has 0 aromatic heterocycles. The van der Waals surface area contributed by atoms with Crippen LogP contribution in [0.4, 0.5) is 4.39 Å². The number of likely N-dealkylation sites (tertiary alicyclic amines) is 1. The van der Waals surface area contributed by atoms with Crippen LogP contribution in [0.2, 0.25) is 0 Å². The van der Waals surface area contributed by atoms with E-state index in [-0.39, 0.29) is 11.9 Å². The first-order valence-electron chi connectivity index (χ1n) is 7.89. The van der Waals surface area contributed by atoms with E-state index in [1.807, 2.05) is 12.1 Å². The fourth-order valence-electron chi connectivity index (χ4n) is 3.29. The Morgan fingerprint density at radius 1 is 1.05 bits per heavy atom. The highest BCUT2D eigenvalue weighted by Gasteiger charge is 2.26. The average Bonchev–Trinajstić information content (AvgIpc) is 2.50. The molecule has 1 saturated heterocycles. The van der Waals surface area contributed by atoms with Crippen LogP contribution < -0.4 is 5.73 Å². The predicted octanol–water partition coefficient (Wildman–Crippen LogP) is 3.45. The molecule has 2 nitrogen and oxygen atoms in total. The van der Waals surface area contributed by atoms with Crippen molar-refractivity contribution < 1.29 is 4.39 Å². The molecule has 2 atom stereocenters. The molecule has 0 spiro atoms. The highest BCUT2D eigenvalue weighted by atomic mass is 19.1. The molecule has 1 aliphatic rings. The molecule has 22 heavy (non-hydrogen) atoms. The van der Waals surface area contributed by atoms with Crippen molar-refractivity contribution in [1.29, 1.82) is 0 Å². The lowest BCUT2D eigenvalue weighted by atomic mass is 9.88. The summed E-state index contributed by atoms with van der Waals surface area (Å²) in [5, 5.41) is 0. The summed E-state index contributed by atoms with van der Waals surface area (Å²) in [6.45, 7) is 4.85. The summed E-state index contributed by atoms with van der Waals surface area (Å²) in [5.74, 6) is 0.293. The van der Waals surface area contributed by atoms with E-state index in [1.165, 1.54) is 23.3 Å². The van der Waals surface area contributed by atoms with Crippen molar-refractivity contribution in [3.05, 3.63) is 71.0 Å². The number of nitrogens with two attached hydrogens (primary N) is 1. The maximum absolute atomic E-state index is 13.0. The summed E-state index contributed by atoms with van der Waals surface area (Å²) < 4.78 is 13.0. The maximum atomic E-state index is 13.0. The minimum atomic E-state index is -0.184. The zero-order valence-corrected chi connectivity index (χ0v) is 13.0. The summed E-state index contributed by atoms with van der Waals surface area (Å²) in [4.78, 5) is 2.38. The van der Waals surface area contributed by atoms with Crippen LogP contribution >= 0.6 is 0 Å². The van der Waals surface area contributed by atoms with Crippen molar-refractivity contribution in [1.82, 2.24) is 4.90 Å². The monoisotopic (exact) mass is 298 g/mol. The summed E-state index contributed by atoms with van der Waals surface area (Å²) in [7, 11) is 0. The van der Waals surface area contributed by atoms with E-state index >= 15 is 0 Å². The van der Waals surface area contributed by atoms with E-state index < -0.39 is 0 Å². The Bertz CT molecular complexity index is 606. The zero-order valence-electron chi connectivity index (χ0n) is 13.0. The minimum absolute atomic E-state index is 0.184. The van der Waals surface area contributed by atoms with Gasteiger partial charge in [-0.1, -0.05) is 42.0 Å². The third-order valence-electron chi connectivity index (χ3n) is 4.43. The Balaban J connectivity index is 1.70. The number of nitrogens with zero attached hydrogens (tertiary/aromatic N) is 1. The van der Waals surface area contributed by atoms with Crippen LogP contribution in [0.25, 0.3) is 0 Å². The van der Waals surface area contributed by atoms with Gasteiger partial charge in [-0.2, -0.15) is 0 Å². The second kappa shape index (κ2) is 6.59. The molecule has 2 N–H and O–H groups in total. The number of hydrogen-bond donors (Lipinski definition) is 1. The van der Waals surface area contributed by atoms with Gasteiger partial charge in [-0.3, -0.25) is 4.90 Å². The quantitative estimate of drug-likeness (QED) is 0.940. The molecule has 1 aliphatic heterocycles. The molecular weight excluding hydrogens is 275 g/mol. The van der Waals surface area contributed by atoms with Gasteiger partial charge in [0, 0.05) is 25.7 Å². The summed E-state index contributed by atoms with van der Waals surface area (Å²) in [5.41, 5.74) is 10.0. The summed E-state index contributed by atoms with van der Waals surface area (Å²) >= 11 is 0. The molecule has 0 amide bonds. The molecule has 116 valence electrons. The minimum Gasteiger partial charge on any atom is -0.327 e. The topological polar surface area (TPSA) is 29.3 Å². The van der Waals surface area contributed by atoms with Gasteiger partial charge in [0.1, 0.15) is 5.82 Å². The van der Waals surface area contributed by atoms with Gasteiger partial charge < -0.3 is 5.73 Å². The van der Waals surface area contributed by atoms with Crippen LogP contribution in [0.3, 0.4) is 0 Å². The fourth-order valence-corrected chi connectivity index (χ4v) is 3.29. The highest BCUT2D eigenvalue weighted by molar-refractivity contribution is 5.26. The van der Waals surface area contributed by atoms with Crippen LogP contribution in [-0.4, -0.2) is 24.0 Å². The normalized spacial score (nSPS) is 22.7. The molecule has 2 aromatic rings. The number of piperidine rings is 1. The first-order valence-corrected chi connectivity index (χ1v) is 7.89. The molecule has 0 saturated carbocycles. The molecule has 2 aromatic carbocycles. The molecule has 0 radical (unpaired) electrons. The number of benzene rings is 2. The molecule has 3 rings (SSSR count). The van der Waals surface area contributed by atoms with Gasteiger partial charge in [-0.05, 0) is 42.5 Å². The lowest BCUT2D eigenvalue weighted by Crippen LogP contribution is -2.45. The standard InChI is InChI=1S/C19H23FN2/c1-14-2-6-16(7-3-14)17-10-19(21)13-22(12-17)11-15-4-8-18(20)9-5-15/h2-9,17,19H,10-13,21H2,1H3. The highest BCUT2D eigenvalue weighted by Crippen LogP contribution is 2.27. The van der Waals surface area contributed by atoms with E-state index in [2.05, 4.69) is 36.1 Å². The van der Waals surface area contributed by atoms with Crippen LogP contribution in [0.15, 0.2) is 48.5 Å². The number of hydrogen-bond acceptors (Lipinski definition) is 2. The van der Waals surface area contributed by atoms with Crippen LogP contribution in [0.1, 0.15) is 29.0 Å². The van der Waals surface area contributed by atoms with Crippen molar-refractivity contribution in [2.75, 3.05) is 13.1 Å². The van der Waals surface area contributed by atoms with E-state index in [0.717, 1.165) is 31.6 Å². The van der Waals surface area contributed by atoms with Crippen molar-refractivity contribution in [2.24, 2.45) is 5.73 Å². The largest absolute Gasteiger partial charge is 0.327 e. The van der Waals surface area contributed by atoms with Gasteiger partial charge in [0.15, 0.2) is 0 Å². The Labute approximate surface area is 131 Å². The Hall–Kier alpha value is -1.71. The molecule has 1 heterocycles. The smallest absolute Gasteiger partial charge is 0.123 e. The van der Waals surface area contributed by atoms with E-state index in [1.54, 1.807) is 0 Å². The first kappa shape index (κ1) is 15.2. The number of aryl methyl sites for hydroxylation is 1. The third kappa shape index (κ3) is 3.73. The van der Waals surface area contributed by atoms with Crippen molar-refractivity contribution in [3.8, 4) is 0 Å². The summed E-state index contributed by atoms with van der Waals surface area (Å²) in [6.07, 6.45) is 1.03. The zero-order chi connectivity index (χ0) is 15.5. The fraction of sp³-hybridized carbons (Fsp3) is 0.368. The van der Waals surface area contributed by atoms with Gasteiger partial charge in [0.05, 0.1) is 0 Å². The predicted molar refractivity (Wildman–Crippen MR) is 88.2 cm³/mol.